The van der Waals surface area contributed by atoms with E-state index in [4.69, 9.17) is 0 Å². The molecule has 0 unspecified atom stereocenters. The number of rotatable bonds is 3. The highest BCUT2D eigenvalue weighted by Crippen LogP contribution is 2.28. The summed E-state index contributed by atoms with van der Waals surface area (Å²) in [7, 11) is 1.68. The van der Waals surface area contributed by atoms with Gasteiger partial charge in [-0.2, -0.15) is 0 Å². The molecular formula is C16H14N4OS. The fraction of sp³-hybridized carbons (Fsp3) is 0.125. The fourth-order valence-electron chi connectivity index (χ4n) is 1.91. The predicted octanol–water partition coefficient (Wildman–Crippen LogP) is 3.19. The maximum atomic E-state index is 12.3. The van der Waals surface area contributed by atoms with Crippen LogP contribution in [0.5, 0.6) is 0 Å². The van der Waals surface area contributed by atoms with Crippen molar-refractivity contribution in [2.24, 2.45) is 0 Å². The molecule has 0 fully saturated rings. The normalized spacial score (nSPS) is 10.5. The van der Waals surface area contributed by atoms with Crippen LogP contribution < -0.4 is 4.90 Å². The molecule has 2 aromatic heterocycles. The second-order valence-corrected chi connectivity index (χ2v) is 5.79. The van der Waals surface area contributed by atoms with E-state index in [9.17, 15) is 4.79 Å². The van der Waals surface area contributed by atoms with Gasteiger partial charge in [0.1, 0.15) is 10.7 Å². The van der Waals surface area contributed by atoms with E-state index in [0.717, 1.165) is 10.6 Å². The van der Waals surface area contributed by atoms with Gasteiger partial charge in [-0.3, -0.25) is 14.7 Å². The number of hydrogen-bond acceptors (Lipinski definition) is 5. The molecule has 0 saturated carbocycles. The van der Waals surface area contributed by atoms with E-state index >= 15 is 0 Å². The molecule has 1 amide bonds. The Morgan fingerprint density at radius 3 is 2.55 bits per heavy atom. The topological polar surface area (TPSA) is 59.0 Å². The van der Waals surface area contributed by atoms with Crippen LogP contribution >= 0.6 is 11.3 Å². The van der Waals surface area contributed by atoms with Gasteiger partial charge >= 0.3 is 0 Å². The molecule has 22 heavy (non-hydrogen) atoms. The van der Waals surface area contributed by atoms with E-state index in [1.165, 1.54) is 21.8 Å². The minimum Gasteiger partial charge on any atom is -0.284 e. The minimum atomic E-state index is -0.202. The van der Waals surface area contributed by atoms with Crippen LogP contribution in [-0.2, 0) is 0 Å². The molecule has 1 aromatic carbocycles. The summed E-state index contributed by atoms with van der Waals surface area (Å²) in [4.78, 5) is 17.9. The second kappa shape index (κ2) is 6.03. The van der Waals surface area contributed by atoms with Crippen molar-refractivity contribution >= 4 is 22.4 Å². The van der Waals surface area contributed by atoms with Crippen LogP contribution in [0, 0.1) is 6.92 Å². The van der Waals surface area contributed by atoms with Crippen LogP contribution in [0.3, 0.4) is 0 Å². The summed E-state index contributed by atoms with van der Waals surface area (Å²) in [5.41, 5.74) is 2.57. The average molecular weight is 310 g/mol. The number of anilines is 1. The number of benzene rings is 1. The van der Waals surface area contributed by atoms with Crippen molar-refractivity contribution in [1.29, 1.82) is 0 Å². The first kappa shape index (κ1) is 14.3. The second-order valence-electron chi connectivity index (χ2n) is 4.83. The summed E-state index contributed by atoms with van der Waals surface area (Å²) >= 11 is 1.38. The quantitative estimate of drug-likeness (QED) is 0.745. The molecule has 6 heteroatoms. The zero-order chi connectivity index (χ0) is 15.5. The first-order valence-corrected chi connectivity index (χ1v) is 7.56. The summed E-state index contributed by atoms with van der Waals surface area (Å²) in [5, 5.41) is 9.61. The number of amides is 1. The van der Waals surface area contributed by atoms with E-state index in [1.807, 2.05) is 31.2 Å². The largest absolute Gasteiger partial charge is 0.284 e. The maximum absolute atomic E-state index is 12.3. The Labute approximate surface area is 132 Å². The molecule has 2 heterocycles. The third-order valence-corrected chi connectivity index (χ3v) is 4.24. The Kier molecular flexibility index (Phi) is 3.93. The van der Waals surface area contributed by atoms with E-state index in [-0.39, 0.29) is 5.91 Å². The average Bonchev–Trinajstić information content (AvgIpc) is 3.05. The summed E-state index contributed by atoms with van der Waals surface area (Å²) in [6.07, 6.45) is 1.60. The van der Waals surface area contributed by atoms with Crippen LogP contribution in [0.1, 0.15) is 16.1 Å². The molecule has 0 saturated heterocycles. The maximum Gasteiger partial charge on any atom is 0.278 e. The molecule has 3 aromatic rings. The minimum absolute atomic E-state index is 0.202. The van der Waals surface area contributed by atoms with E-state index in [1.54, 1.807) is 31.4 Å². The van der Waals surface area contributed by atoms with Gasteiger partial charge < -0.3 is 0 Å². The van der Waals surface area contributed by atoms with Gasteiger partial charge in [0, 0.05) is 18.8 Å². The number of hydrogen-bond donors (Lipinski definition) is 0. The molecule has 0 spiro atoms. The third kappa shape index (κ3) is 2.87. The lowest BCUT2D eigenvalue weighted by atomic mass is 10.2. The van der Waals surface area contributed by atoms with Gasteiger partial charge in [-0.15, -0.1) is 10.2 Å². The zero-order valence-corrected chi connectivity index (χ0v) is 13.0. The lowest BCUT2D eigenvalue weighted by Gasteiger charge is -2.11. The molecule has 0 bridgehead atoms. The molecule has 110 valence electrons. The van der Waals surface area contributed by atoms with Crippen molar-refractivity contribution in [2.45, 2.75) is 6.92 Å². The molecule has 0 aliphatic carbocycles. The summed E-state index contributed by atoms with van der Waals surface area (Å²) in [6, 6.07) is 13.3. The molecule has 0 aliphatic rings. The Hall–Kier alpha value is -2.60. The number of carbonyl (C=O) groups is 1. The number of aryl methyl sites for hydroxylation is 1. The van der Waals surface area contributed by atoms with Gasteiger partial charge in [-0.1, -0.05) is 47.2 Å². The van der Waals surface area contributed by atoms with Crippen molar-refractivity contribution in [1.82, 2.24) is 15.2 Å². The van der Waals surface area contributed by atoms with Gasteiger partial charge in [-0.05, 0) is 19.1 Å². The van der Waals surface area contributed by atoms with Gasteiger partial charge in [0.15, 0.2) is 0 Å². The smallest absolute Gasteiger partial charge is 0.278 e. The van der Waals surface area contributed by atoms with Crippen molar-refractivity contribution in [3.63, 3.8) is 0 Å². The van der Waals surface area contributed by atoms with Gasteiger partial charge in [0.25, 0.3) is 5.91 Å². The first-order chi connectivity index (χ1) is 10.6. The van der Waals surface area contributed by atoms with E-state index in [0.29, 0.717) is 10.8 Å². The first-order valence-electron chi connectivity index (χ1n) is 6.75. The monoisotopic (exact) mass is 310 g/mol. The number of carbonyl (C=O) groups excluding carboxylic acids is 1. The zero-order valence-electron chi connectivity index (χ0n) is 12.2. The Morgan fingerprint density at radius 2 is 1.86 bits per heavy atom. The van der Waals surface area contributed by atoms with Gasteiger partial charge in [0.2, 0.25) is 5.13 Å². The lowest BCUT2D eigenvalue weighted by molar-refractivity contribution is 0.0988. The molecular weight excluding hydrogens is 296 g/mol. The fourth-order valence-corrected chi connectivity index (χ4v) is 2.72. The highest BCUT2D eigenvalue weighted by molar-refractivity contribution is 7.18. The van der Waals surface area contributed by atoms with Crippen molar-refractivity contribution in [3.8, 4) is 10.6 Å². The highest BCUT2D eigenvalue weighted by Gasteiger charge is 2.18. The third-order valence-electron chi connectivity index (χ3n) is 3.19. The SMILES string of the molecule is Cc1ccc(-c2nnc(N(C)C(=O)c3ccccn3)s2)cc1. The Morgan fingerprint density at radius 1 is 1.09 bits per heavy atom. The molecule has 0 N–H and O–H groups in total. The molecule has 5 nitrogen and oxygen atoms in total. The highest BCUT2D eigenvalue weighted by atomic mass is 32.1. The Bertz CT molecular complexity index is 783. The van der Waals surface area contributed by atoms with Crippen LogP contribution in [0.2, 0.25) is 0 Å². The van der Waals surface area contributed by atoms with E-state index in [2.05, 4.69) is 15.2 Å². The van der Waals surface area contributed by atoms with Crippen LogP contribution in [0.15, 0.2) is 48.7 Å². The van der Waals surface area contributed by atoms with Crippen LogP contribution in [0.25, 0.3) is 10.6 Å². The number of nitrogens with zero attached hydrogens (tertiary/aromatic N) is 4. The van der Waals surface area contributed by atoms with Gasteiger partial charge in [-0.25, -0.2) is 0 Å². The summed E-state index contributed by atoms with van der Waals surface area (Å²) < 4.78 is 0. The Balaban J connectivity index is 1.84. The van der Waals surface area contributed by atoms with Crippen molar-refractivity contribution in [2.75, 3.05) is 11.9 Å². The summed E-state index contributed by atoms with van der Waals surface area (Å²) in [5.74, 6) is -0.202. The van der Waals surface area contributed by atoms with Gasteiger partial charge in [0.05, 0.1) is 0 Å². The lowest BCUT2D eigenvalue weighted by Crippen LogP contribution is -2.26. The van der Waals surface area contributed by atoms with E-state index < -0.39 is 0 Å². The van der Waals surface area contributed by atoms with Crippen molar-refractivity contribution in [3.05, 3.63) is 59.9 Å². The van der Waals surface area contributed by atoms with Crippen molar-refractivity contribution < 1.29 is 4.79 Å². The number of pyridine rings is 1. The molecule has 0 aliphatic heterocycles. The molecule has 0 atom stereocenters. The number of aromatic nitrogens is 3. The predicted molar refractivity (Wildman–Crippen MR) is 87.1 cm³/mol. The standard InChI is InChI=1S/C16H14N4OS/c1-11-6-8-12(9-7-11)14-18-19-16(22-14)20(2)15(21)13-5-3-4-10-17-13/h3-10H,1-2H3. The van der Waals surface area contributed by atoms with Crippen LogP contribution in [0.4, 0.5) is 5.13 Å². The summed E-state index contributed by atoms with van der Waals surface area (Å²) in [6.45, 7) is 2.04. The molecule has 3 rings (SSSR count). The van der Waals surface area contributed by atoms with Crippen LogP contribution in [-0.4, -0.2) is 28.1 Å². The molecule has 0 radical (unpaired) electrons.